The largest absolute Gasteiger partial charge is 0.353 e. The molecule has 0 aliphatic heterocycles. The van der Waals surface area contributed by atoms with Crippen molar-refractivity contribution in [3.63, 3.8) is 0 Å². The summed E-state index contributed by atoms with van der Waals surface area (Å²) in [7, 11) is 0. The van der Waals surface area contributed by atoms with Crippen LogP contribution in [0.4, 0.5) is 0 Å². The first-order valence-corrected chi connectivity index (χ1v) is 4.82. The van der Waals surface area contributed by atoms with Gasteiger partial charge in [-0.3, -0.25) is 9.59 Å². The number of hydrogen-bond acceptors (Lipinski definition) is 3. The molecular formula is C9H17N3O2. The van der Waals surface area contributed by atoms with Crippen LogP contribution in [0.1, 0.15) is 26.2 Å². The van der Waals surface area contributed by atoms with Gasteiger partial charge in [-0.25, -0.2) is 0 Å². The van der Waals surface area contributed by atoms with E-state index in [1.165, 1.54) is 6.92 Å². The van der Waals surface area contributed by atoms with E-state index in [0.717, 1.165) is 19.3 Å². The zero-order chi connectivity index (χ0) is 10.6. The molecule has 1 aliphatic rings. The first-order valence-electron chi connectivity index (χ1n) is 4.82. The normalized spacial score (nSPS) is 18.1. The van der Waals surface area contributed by atoms with Crippen LogP contribution in [0.3, 0.4) is 0 Å². The van der Waals surface area contributed by atoms with E-state index in [9.17, 15) is 9.59 Å². The van der Waals surface area contributed by atoms with Crippen molar-refractivity contribution in [3.05, 3.63) is 0 Å². The van der Waals surface area contributed by atoms with E-state index in [4.69, 9.17) is 5.73 Å². The Bertz CT molecular complexity index is 236. The summed E-state index contributed by atoms with van der Waals surface area (Å²) in [5.74, 6) is -0.386. The van der Waals surface area contributed by atoms with Gasteiger partial charge in [-0.05, 0) is 19.3 Å². The second-order valence-corrected chi connectivity index (χ2v) is 3.90. The molecule has 0 unspecified atom stereocenters. The van der Waals surface area contributed by atoms with Crippen molar-refractivity contribution < 1.29 is 9.59 Å². The van der Waals surface area contributed by atoms with E-state index in [0.29, 0.717) is 6.54 Å². The molecule has 0 saturated heterocycles. The fourth-order valence-corrected chi connectivity index (χ4v) is 1.35. The Morgan fingerprint density at radius 1 is 1.36 bits per heavy atom. The highest BCUT2D eigenvalue weighted by atomic mass is 16.2. The monoisotopic (exact) mass is 199 g/mol. The van der Waals surface area contributed by atoms with E-state index in [1.807, 2.05) is 0 Å². The van der Waals surface area contributed by atoms with Crippen molar-refractivity contribution in [2.24, 2.45) is 5.73 Å². The van der Waals surface area contributed by atoms with Crippen molar-refractivity contribution in [2.75, 3.05) is 13.1 Å². The fourth-order valence-electron chi connectivity index (χ4n) is 1.35. The molecule has 2 amide bonds. The van der Waals surface area contributed by atoms with E-state index >= 15 is 0 Å². The molecule has 0 bridgehead atoms. The van der Waals surface area contributed by atoms with Crippen LogP contribution in [0.15, 0.2) is 0 Å². The van der Waals surface area contributed by atoms with E-state index < -0.39 is 0 Å². The minimum Gasteiger partial charge on any atom is -0.353 e. The molecule has 1 rings (SSSR count). The lowest BCUT2D eigenvalue weighted by Gasteiger charge is -2.38. The third-order valence-electron chi connectivity index (χ3n) is 2.48. The van der Waals surface area contributed by atoms with Gasteiger partial charge in [0.2, 0.25) is 11.8 Å². The molecule has 0 aromatic heterocycles. The minimum absolute atomic E-state index is 0.0331. The average molecular weight is 199 g/mol. The summed E-state index contributed by atoms with van der Waals surface area (Å²) in [6.45, 7) is 1.92. The quantitative estimate of drug-likeness (QED) is 0.549. The van der Waals surface area contributed by atoms with Gasteiger partial charge in [-0.15, -0.1) is 0 Å². The SMILES string of the molecule is CC(=O)NCC(=O)NCC1(N)CCC1. The number of carbonyl (C=O) groups is 2. The van der Waals surface area contributed by atoms with Crippen molar-refractivity contribution in [3.8, 4) is 0 Å². The maximum Gasteiger partial charge on any atom is 0.239 e. The zero-order valence-electron chi connectivity index (χ0n) is 8.43. The van der Waals surface area contributed by atoms with Crippen LogP contribution in [0.5, 0.6) is 0 Å². The standard InChI is InChI=1S/C9H17N3O2/c1-7(13)11-5-8(14)12-6-9(10)3-2-4-9/h2-6,10H2,1H3,(H,11,13)(H,12,14). The van der Waals surface area contributed by atoms with Crippen LogP contribution >= 0.6 is 0 Å². The summed E-state index contributed by atoms with van der Waals surface area (Å²) in [5, 5.41) is 5.13. The molecule has 0 spiro atoms. The highest BCUT2D eigenvalue weighted by molar-refractivity contribution is 5.83. The molecule has 14 heavy (non-hydrogen) atoms. The second-order valence-electron chi connectivity index (χ2n) is 3.90. The highest BCUT2D eigenvalue weighted by Crippen LogP contribution is 2.27. The second kappa shape index (κ2) is 4.41. The Balaban J connectivity index is 2.11. The topological polar surface area (TPSA) is 84.2 Å². The van der Waals surface area contributed by atoms with Crippen molar-refractivity contribution in [1.29, 1.82) is 0 Å². The molecular weight excluding hydrogens is 182 g/mol. The van der Waals surface area contributed by atoms with Gasteiger partial charge >= 0.3 is 0 Å². The molecule has 1 saturated carbocycles. The third kappa shape index (κ3) is 3.33. The van der Waals surface area contributed by atoms with E-state index in [1.54, 1.807) is 0 Å². The molecule has 0 radical (unpaired) electrons. The van der Waals surface area contributed by atoms with Gasteiger partial charge in [0, 0.05) is 19.0 Å². The molecule has 1 fully saturated rings. The predicted octanol–water partition coefficient (Wildman–Crippen LogP) is -0.880. The van der Waals surface area contributed by atoms with Gasteiger partial charge in [0.05, 0.1) is 6.54 Å². The van der Waals surface area contributed by atoms with Crippen LogP contribution in [0.2, 0.25) is 0 Å². The maximum atomic E-state index is 11.2. The number of nitrogens with one attached hydrogen (secondary N) is 2. The van der Waals surface area contributed by atoms with Gasteiger partial charge in [0.15, 0.2) is 0 Å². The Morgan fingerprint density at radius 2 is 2.00 bits per heavy atom. The molecule has 0 heterocycles. The molecule has 4 N–H and O–H groups in total. The number of nitrogens with two attached hydrogens (primary N) is 1. The zero-order valence-corrected chi connectivity index (χ0v) is 8.43. The summed E-state index contributed by atoms with van der Waals surface area (Å²) in [6.07, 6.45) is 3.07. The average Bonchev–Trinajstić information content (AvgIpc) is 2.08. The number of rotatable bonds is 4. The van der Waals surface area contributed by atoms with E-state index in [2.05, 4.69) is 10.6 Å². The Kier molecular flexibility index (Phi) is 3.46. The van der Waals surface area contributed by atoms with E-state index in [-0.39, 0.29) is 23.9 Å². The lowest BCUT2D eigenvalue weighted by molar-refractivity contribution is -0.125. The highest BCUT2D eigenvalue weighted by Gasteiger charge is 2.32. The van der Waals surface area contributed by atoms with Gasteiger partial charge in [0.1, 0.15) is 0 Å². The Morgan fingerprint density at radius 3 is 2.43 bits per heavy atom. The first kappa shape index (κ1) is 11.0. The van der Waals surface area contributed by atoms with Crippen LogP contribution in [0, 0.1) is 0 Å². The lowest BCUT2D eigenvalue weighted by Crippen LogP contribution is -2.55. The predicted molar refractivity (Wildman–Crippen MR) is 52.5 cm³/mol. The Labute approximate surface area is 83.4 Å². The van der Waals surface area contributed by atoms with Crippen LogP contribution < -0.4 is 16.4 Å². The number of carbonyl (C=O) groups excluding carboxylic acids is 2. The summed E-state index contributed by atoms with van der Waals surface area (Å²) >= 11 is 0. The molecule has 1 aliphatic carbocycles. The number of amides is 2. The van der Waals surface area contributed by atoms with Crippen molar-refractivity contribution >= 4 is 11.8 Å². The molecule has 5 heteroatoms. The fraction of sp³-hybridized carbons (Fsp3) is 0.778. The van der Waals surface area contributed by atoms with Gasteiger partial charge in [-0.2, -0.15) is 0 Å². The molecule has 0 atom stereocenters. The minimum atomic E-state index is -0.203. The first-order chi connectivity index (χ1) is 6.52. The maximum absolute atomic E-state index is 11.2. The summed E-state index contributed by atoms with van der Waals surface area (Å²) in [5.41, 5.74) is 5.70. The van der Waals surface area contributed by atoms with Crippen LogP contribution in [-0.4, -0.2) is 30.4 Å². The van der Waals surface area contributed by atoms with Gasteiger partial charge < -0.3 is 16.4 Å². The molecule has 80 valence electrons. The van der Waals surface area contributed by atoms with Gasteiger partial charge in [0.25, 0.3) is 0 Å². The van der Waals surface area contributed by atoms with Gasteiger partial charge in [-0.1, -0.05) is 0 Å². The molecule has 0 aromatic carbocycles. The summed E-state index contributed by atoms with van der Waals surface area (Å²) in [6, 6.07) is 0. The Hall–Kier alpha value is -1.10. The molecule has 0 aromatic rings. The summed E-state index contributed by atoms with van der Waals surface area (Å²) in [4.78, 5) is 21.7. The van der Waals surface area contributed by atoms with Crippen molar-refractivity contribution in [2.45, 2.75) is 31.7 Å². The molecule has 5 nitrogen and oxygen atoms in total. The van der Waals surface area contributed by atoms with Crippen LogP contribution in [-0.2, 0) is 9.59 Å². The smallest absolute Gasteiger partial charge is 0.239 e. The lowest BCUT2D eigenvalue weighted by atomic mass is 9.78. The number of hydrogen-bond donors (Lipinski definition) is 3. The van der Waals surface area contributed by atoms with Crippen molar-refractivity contribution in [1.82, 2.24) is 10.6 Å². The third-order valence-corrected chi connectivity index (χ3v) is 2.48. The van der Waals surface area contributed by atoms with Crippen LogP contribution in [0.25, 0.3) is 0 Å². The summed E-state index contributed by atoms with van der Waals surface area (Å²) < 4.78 is 0.